The van der Waals surface area contributed by atoms with Crippen LogP contribution in [0.4, 0.5) is 5.82 Å². The number of hydrogen-bond acceptors (Lipinski definition) is 6. The van der Waals surface area contributed by atoms with E-state index < -0.39 is 0 Å². The first-order chi connectivity index (χ1) is 12.0. The summed E-state index contributed by atoms with van der Waals surface area (Å²) in [7, 11) is 0. The van der Waals surface area contributed by atoms with Crippen LogP contribution >= 0.6 is 0 Å². The highest BCUT2D eigenvalue weighted by Crippen LogP contribution is 2.13. The largest absolute Gasteiger partial charge is 0.360 e. The van der Waals surface area contributed by atoms with Crippen molar-refractivity contribution in [1.29, 1.82) is 0 Å². The minimum absolute atomic E-state index is 0.000429. The zero-order valence-electron chi connectivity index (χ0n) is 15.0. The molecule has 0 bridgehead atoms. The molecule has 8 heteroatoms. The van der Waals surface area contributed by atoms with Gasteiger partial charge >= 0.3 is 0 Å². The molecule has 0 aromatic carbocycles. The normalized spacial score (nSPS) is 17.0. The van der Waals surface area contributed by atoms with Gasteiger partial charge in [-0.25, -0.2) is 0 Å². The van der Waals surface area contributed by atoms with Gasteiger partial charge in [0.2, 0.25) is 11.8 Å². The maximum absolute atomic E-state index is 12.5. The maximum atomic E-state index is 12.5. The molecule has 0 aliphatic carbocycles. The minimum atomic E-state index is -0.214. The number of hydrogen-bond donors (Lipinski definition) is 2. The Morgan fingerprint density at radius 1 is 1.40 bits per heavy atom. The number of aryl methyl sites for hydroxylation is 1. The molecule has 25 heavy (non-hydrogen) atoms. The summed E-state index contributed by atoms with van der Waals surface area (Å²) in [5.74, 6) is 1.03. The van der Waals surface area contributed by atoms with E-state index in [0.717, 1.165) is 26.2 Å². The fourth-order valence-electron chi connectivity index (χ4n) is 2.92. The van der Waals surface area contributed by atoms with Gasteiger partial charge in [0.15, 0.2) is 5.82 Å². The first-order valence-corrected chi connectivity index (χ1v) is 8.61. The van der Waals surface area contributed by atoms with Crippen molar-refractivity contribution in [2.45, 2.75) is 26.3 Å². The zero-order chi connectivity index (χ0) is 18.2. The van der Waals surface area contributed by atoms with E-state index in [1.807, 2.05) is 6.92 Å². The molecule has 1 unspecified atom stereocenters. The quantitative estimate of drug-likeness (QED) is 0.669. The third kappa shape index (κ3) is 5.68. The molecule has 2 amide bonds. The number of nitrogens with one attached hydrogen (secondary N) is 2. The fraction of sp³-hybridized carbons (Fsp3) is 0.588. The Bertz CT molecular complexity index is 593. The summed E-state index contributed by atoms with van der Waals surface area (Å²) in [5.41, 5.74) is 0. The van der Waals surface area contributed by atoms with Crippen LogP contribution in [0.25, 0.3) is 0 Å². The molecule has 2 heterocycles. The van der Waals surface area contributed by atoms with Crippen LogP contribution in [0.1, 0.15) is 19.1 Å². The Morgan fingerprint density at radius 3 is 2.68 bits per heavy atom. The van der Waals surface area contributed by atoms with Crippen LogP contribution in [0.5, 0.6) is 0 Å². The minimum Gasteiger partial charge on any atom is -0.360 e. The van der Waals surface area contributed by atoms with E-state index in [9.17, 15) is 9.59 Å². The molecule has 0 spiro atoms. The van der Waals surface area contributed by atoms with Crippen molar-refractivity contribution < 1.29 is 14.1 Å². The Hall–Kier alpha value is -2.19. The highest BCUT2D eigenvalue weighted by Gasteiger charge is 2.28. The molecular weight excluding hydrogens is 322 g/mol. The second-order valence-electron chi connectivity index (χ2n) is 6.14. The van der Waals surface area contributed by atoms with Gasteiger partial charge in [0.05, 0.1) is 12.6 Å². The fourth-order valence-corrected chi connectivity index (χ4v) is 2.92. The van der Waals surface area contributed by atoms with Gasteiger partial charge in [-0.2, -0.15) is 0 Å². The highest BCUT2D eigenvalue weighted by molar-refractivity contribution is 5.94. The summed E-state index contributed by atoms with van der Waals surface area (Å²) in [6.45, 7) is 11.2. The molecule has 138 valence electrons. The van der Waals surface area contributed by atoms with Crippen LogP contribution in [0, 0.1) is 6.92 Å². The van der Waals surface area contributed by atoms with E-state index in [1.165, 1.54) is 0 Å². The average molecular weight is 349 g/mol. The smallest absolute Gasteiger partial charge is 0.242 e. The molecule has 1 saturated heterocycles. The second-order valence-corrected chi connectivity index (χ2v) is 6.14. The van der Waals surface area contributed by atoms with Crippen molar-refractivity contribution in [2.24, 2.45) is 0 Å². The monoisotopic (exact) mass is 349 g/mol. The lowest BCUT2D eigenvalue weighted by Gasteiger charge is -2.37. The number of aromatic nitrogens is 1. The van der Waals surface area contributed by atoms with E-state index in [0.29, 0.717) is 31.1 Å². The van der Waals surface area contributed by atoms with Crippen molar-refractivity contribution in [2.75, 3.05) is 44.6 Å². The van der Waals surface area contributed by atoms with Crippen molar-refractivity contribution in [1.82, 2.24) is 20.3 Å². The highest BCUT2D eigenvalue weighted by atomic mass is 16.5. The molecule has 2 rings (SSSR count). The van der Waals surface area contributed by atoms with Gasteiger partial charge in [-0.3, -0.25) is 19.4 Å². The van der Waals surface area contributed by atoms with Crippen LogP contribution < -0.4 is 10.6 Å². The molecule has 1 fully saturated rings. The summed E-state index contributed by atoms with van der Waals surface area (Å²) in [4.78, 5) is 28.5. The van der Waals surface area contributed by atoms with Gasteiger partial charge in [-0.1, -0.05) is 18.2 Å². The number of anilines is 1. The molecular formula is C17H27N5O3. The molecule has 1 aliphatic heterocycles. The summed E-state index contributed by atoms with van der Waals surface area (Å²) in [5, 5.41) is 9.39. The second kappa shape index (κ2) is 9.33. The standard InChI is InChI=1S/C17H27N5O3/c1-4-6-18-16(23)12-21-7-9-22(10-8-21)14(5-2)17(24)19-15-11-13(3)25-20-15/h4,11,14H,1,5-10,12H2,2-3H3,(H,18,23)(H,19,20,24). The molecule has 1 atom stereocenters. The lowest BCUT2D eigenvalue weighted by atomic mass is 10.1. The van der Waals surface area contributed by atoms with Gasteiger partial charge in [0.1, 0.15) is 5.76 Å². The van der Waals surface area contributed by atoms with E-state index in [-0.39, 0.29) is 17.9 Å². The van der Waals surface area contributed by atoms with E-state index in [1.54, 1.807) is 19.1 Å². The molecule has 0 radical (unpaired) electrons. The Morgan fingerprint density at radius 2 is 2.12 bits per heavy atom. The number of amides is 2. The average Bonchev–Trinajstić information content (AvgIpc) is 3.00. The third-order valence-electron chi connectivity index (χ3n) is 4.23. The summed E-state index contributed by atoms with van der Waals surface area (Å²) in [6, 6.07) is 1.48. The lowest BCUT2D eigenvalue weighted by molar-refractivity contribution is -0.125. The maximum Gasteiger partial charge on any atom is 0.242 e. The molecule has 0 saturated carbocycles. The van der Waals surface area contributed by atoms with Crippen LogP contribution in [-0.4, -0.2) is 72.1 Å². The van der Waals surface area contributed by atoms with Crippen molar-refractivity contribution in [3.63, 3.8) is 0 Å². The molecule has 8 nitrogen and oxygen atoms in total. The number of carbonyl (C=O) groups excluding carboxylic acids is 2. The molecule has 1 aromatic heterocycles. The van der Waals surface area contributed by atoms with Crippen molar-refractivity contribution >= 4 is 17.6 Å². The van der Waals surface area contributed by atoms with E-state index in [4.69, 9.17) is 4.52 Å². The SMILES string of the molecule is C=CCNC(=O)CN1CCN(C(CC)C(=O)Nc2cc(C)on2)CC1. The molecule has 2 N–H and O–H groups in total. The van der Waals surface area contributed by atoms with Crippen molar-refractivity contribution in [3.05, 3.63) is 24.5 Å². The van der Waals surface area contributed by atoms with Crippen LogP contribution in [0.15, 0.2) is 23.2 Å². The van der Waals surface area contributed by atoms with Gasteiger partial charge in [-0.15, -0.1) is 6.58 Å². The summed E-state index contributed by atoms with van der Waals surface area (Å²) < 4.78 is 4.97. The van der Waals surface area contributed by atoms with E-state index >= 15 is 0 Å². The summed E-state index contributed by atoms with van der Waals surface area (Å²) in [6.07, 6.45) is 2.37. The third-order valence-corrected chi connectivity index (χ3v) is 4.23. The first-order valence-electron chi connectivity index (χ1n) is 8.61. The van der Waals surface area contributed by atoms with Gasteiger partial charge in [-0.05, 0) is 13.3 Å². The predicted molar refractivity (Wildman–Crippen MR) is 95.2 cm³/mol. The Balaban J connectivity index is 1.81. The van der Waals surface area contributed by atoms with Crippen LogP contribution in [-0.2, 0) is 9.59 Å². The lowest BCUT2D eigenvalue weighted by Crippen LogP contribution is -2.55. The van der Waals surface area contributed by atoms with Gasteiger partial charge in [0.25, 0.3) is 0 Å². The molecule has 1 aliphatic rings. The van der Waals surface area contributed by atoms with Crippen LogP contribution in [0.2, 0.25) is 0 Å². The van der Waals surface area contributed by atoms with Crippen molar-refractivity contribution in [3.8, 4) is 0 Å². The summed E-state index contributed by atoms with van der Waals surface area (Å²) >= 11 is 0. The van der Waals surface area contributed by atoms with Gasteiger partial charge in [0, 0.05) is 38.8 Å². The Kier molecular flexibility index (Phi) is 7.15. The van der Waals surface area contributed by atoms with Gasteiger partial charge < -0.3 is 15.2 Å². The van der Waals surface area contributed by atoms with E-state index in [2.05, 4.69) is 32.2 Å². The zero-order valence-corrected chi connectivity index (χ0v) is 15.0. The predicted octanol–water partition coefficient (Wildman–Crippen LogP) is 0.620. The Labute approximate surface area is 148 Å². The number of rotatable bonds is 8. The number of carbonyl (C=O) groups is 2. The first kappa shape index (κ1) is 19.1. The topological polar surface area (TPSA) is 90.7 Å². The molecule has 1 aromatic rings. The number of piperazine rings is 1. The van der Waals surface area contributed by atoms with Crippen LogP contribution in [0.3, 0.4) is 0 Å². The number of nitrogens with zero attached hydrogens (tertiary/aromatic N) is 3.